The molecule has 1 saturated heterocycles. The predicted molar refractivity (Wildman–Crippen MR) is 59.1 cm³/mol. The molecule has 1 fully saturated rings. The fraction of sp³-hybridized carbons (Fsp3) is 0.818. The summed E-state index contributed by atoms with van der Waals surface area (Å²) < 4.78 is 5.15. The zero-order valence-electron chi connectivity index (χ0n) is 9.86. The molecular weight excluding hydrogens is 206 g/mol. The van der Waals surface area contributed by atoms with Crippen molar-refractivity contribution in [1.29, 1.82) is 0 Å². The van der Waals surface area contributed by atoms with Gasteiger partial charge < -0.3 is 14.9 Å². The predicted octanol–water partition coefficient (Wildman–Crippen LogP) is 0.850. The van der Waals surface area contributed by atoms with Gasteiger partial charge in [0.05, 0.1) is 12.0 Å². The maximum Gasteiger partial charge on any atom is 0.229 e. The lowest BCUT2D eigenvalue weighted by Gasteiger charge is -2.31. The zero-order chi connectivity index (χ0) is 11.6. The molecular formula is C11H19N3O2. The van der Waals surface area contributed by atoms with E-state index in [2.05, 4.69) is 15.5 Å². The molecule has 1 aliphatic heterocycles. The van der Waals surface area contributed by atoms with E-state index in [0.29, 0.717) is 24.7 Å². The third kappa shape index (κ3) is 2.59. The van der Waals surface area contributed by atoms with Crippen LogP contribution in [0.2, 0.25) is 0 Å². The number of hydrogen-bond acceptors (Lipinski definition) is 5. The second kappa shape index (κ2) is 4.51. The van der Waals surface area contributed by atoms with E-state index in [0.717, 1.165) is 19.4 Å². The number of hydrogen-bond donors (Lipinski definition) is 2. The minimum Gasteiger partial charge on any atom is -0.388 e. The van der Waals surface area contributed by atoms with Crippen molar-refractivity contribution < 1.29 is 9.63 Å². The van der Waals surface area contributed by atoms with E-state index in [4.69, 9.17) is 4.52 Å². The smallest absolute Gasteiger partial charge is 0.229 e. The molecule has 0 radical (unpaired) electrons. The molecule has 2 N–H and O–H groups in total. The first-order chi connectivity index (χ1) is 7.59. The van der Waals surface area contributed by atoms with Crippen molar-refractivity contribution in [3.05, 3.63) is 11.7 Å². The summed E-state index contributed by atoms with van der Waals surface area (Å²) in [4.78, 5) is 4.28. The summed E-state index contributed by atoms with van der Waals surface area (Å²) in [5.41, 5.74) is -0.723. The lowest BCUT2D eigenvalue weighted by Crippen LogP contribution is -2.47. The SMILES string of the molecule is CC(C)c1noc(CC2(O)CCCNC2)n1. The summed E-state index contributed by atoms with van der Waals surface area (Å²) in [6.45, 7) is 5.62. The van der Waals surface area contributed by atoms with E-state index < -0.39 is 5.60 Å². The summed E-state index contributed by atoms with van der Waals surface area (Å²) in [5.74, 6) is 1.51. The maximum absolute atomic E-state index is 10.3. The van der Waals surface area contributed by atoms with E-state index in [9.17, 15) is 5.11 Å². The van der Waals surface area contributed by atoms with E-state index in [1.165, 1.54) is 0 Å². The molecule has 1 aromatic heterocycles. The Balaban J connectivity index is 2.02. The van der Waals surface area contributed by atoms with Crippen LogP contribution in [0.3, 0.4) is 0 Å². The van der Waals surface area contributed by atoms with Gasteiger partial charge in [-0.3, -0.25) is 0 Å². The van der Waals surface area contributed by atoms with Crippen molar-refractivity contribution >= 4 is 0 Å². The average Bonchev–Trinajstić information content (AvgIpc) is 2.66. The maximum atomic E-state index is 10.3. The van der Waals surface area contributed by atoms with Crippen molar-refractivity contribution in [1.82, 2.24) is 15.5 Å². The summed E-state index contributed by atoms with van der Waals surface area (Å²) in [7, 11) is 0. The van der Waals surface area contributed by atoms with Crippen LogP contribution in [0.15, 0.2) is 4.52 Å². The average molecular weight is 225 g/mol. The van der Waals surface area contributed by atoms with E-state index in [1.807, 2.05) is 13.8 Å². The van der Waals surface area contributed by atoms with Crippen LogP contribution in [0, 0.1) is 0 Å². The first kappa shape index (κ1) is 11.5. The molecule has 1 aliphatic rings. The Morgan fingerprint density at radius 1 is 1.56 bits per heavy atom. The van der Waals surface area contributed by atoms with Crippen LogP contribution in [-0.2, 0) is 6.42 Å². The largest absolute Gasteiger partial charge is 0.388 e. The Hall–Kier alpha value is -0.940. The summed E-state index contributed by atoms with van der Waals surface area (Å²) in [6, 6.07) is 0. The highest BCUT2D eigenvalue weighted by Gasteiger charge is 2.31. The normalized spacial score (nSPS) is 26.2. The minimum absolute atomic E-state index is 0.261. The first-order valence-corrected chi connectivity index (χ1v) is 5.85. The monoisotopic (exact) mass is 225 g/mol. The van der Waals surface area contributed by atoms with Crippen molar-refractivity contribution in [3.63, 3.8) is 0 Å². The molecule has 16 heavy (non-hydrogen) atoms. The molecule has 0 bridgehead atoms. The van der Waals surface area contributed by atoms with Gasteiger partial charge in [0.2, 0.25) is 5.89 Å². The summed E-state index contributed by atoms with van der Waals surface area (Å²) in [6.07, 6.45) is 2.22. The van der Waals surface area contributed by atoms with E-state index >= 15 is 0 Å². The lowest BCUT2D eigenvalue weighted by atomic mass is 9.91. The molecule has 1 unspecified atom stereocenters. The van der Waals surface area contributed by atoms with Gasteiger partial charge in [0.25, 0.3) is 0 Å². The van der Waals surface area contributed by atoms with Gasteiger partial charge in [0.15, 0.2) is 5.82 Å². The highest BCUT2D eigenvalue weighted by Crippen LogP contribution is 2.21. The van der Waals surface area contributed by atoms with Crippen molar-refractivity contribution in [2.45, 2.75) is 44.6 Å². The third-order valence-corrected chi connectivity index (χ3v) is 2.93. The van der Waals surface area contributed by atoms with Gasteiger partial charge in [-0.15, -0.1) is 0 Å². The fourth-order valence-electron chi connectivity index (χ4n) is 1.96. The molecule has 0 aliphatic carbocycles. The van der Waals surface area contributed by atoms with Crippen LogP contribution >= 0.6 is 0 Å². The van der Waals surface area contributed by atoms with Crippen molar-refractivity contribution in [3.8, 4) is 0 Å². The molecule has 5 nitrogen and oxygen atoms in total. The van der Waals surface area contributed by atoms with Crippen LogP contribution in [0.25, 0.3) is 0 Å². The molecule has 0 saturated carbocycles. The third-order valence-electron chi connectivity index (χ3n) is 2.93. The molecule has 5 heteroatoms. The van der Waals surface area contributed by atoms with Crippen LogP contribution in [0.5, 0.6) is 0 Å². The van der Waals surface area contributed by atoms with Gasteiger partial charge in [-0.05, 0) is 19.4 Å². The zero-order valence-corrected chi connectivity index (χ0v) is 9.86. The van der Waals surface area contributed by atoms with Crippen LogP contribution in [0.4, 0.5) is 0 Å². The molecule has 90 valence electrons. The second-order valence-electron chi connectivity index (χ2n) is 4.88. The van der Waals surface area contributed by atoms with Gasteiger partial charge in [-0.25, -0.2) is 0 Å². The van der Waals surface area contributed by atoms with E-state index in [1.54, 1.807) is 0 Å². The molecule has 1 aromatic rings. The molecule has 0 amide bonds. The molecule has 0 aromatic carbocycles. The van der Waals surface area contributed by atoms with E-state index in [-0.39, 0.29) is 5.92 Å². The number of aliphatic hydroxyl groups is 1. The standard InChI is InChI=1S/C11H19N3O2/c1-8(2)10-13-9(16-14-10)6-11(15)4-3-5-12-7-11/h8,12,15H,3-7H2,1-2H3. The van der Waals surface area contributed by atoms with Gasteiger partial charge >= 0.3 is 0 Å². The Bertz CT molecular complexity index is 343. The van der Waals surface area contributed by atoms with Gasteiger partial charge in [0, 0.05) is 12.5 Å². The Kier molecular flexibility index (Phi) is 3.25. The highest BCUT2D eigenvalue weighted by atomic mass is 16.5. The number of nitrogens with zero attached hydrogens (tertiary/aromatic N) is 2. The Labute approximate surface area is 95.2 Å². The lowest BCUT2D eigenvalue weighted by molar-refractivity contribution is 0.0103. The Morgan fingerprint density at radius 3 is 2.94 bits per heavy atom. The topological polar surface area (TPSA) is 71.2 Å². The summed E-state index contributed by atoms with van der Waals surface area (Å²) in [5, 5.41) is 17.4. The quantitative estimate of drug-likeness (QED) is 0.798. The molecule has 2 rings (SSSR count). The first-order valence-electron chi connectivity index (χ1n) is 5.85. The number of aromatic nitrogens is 2. The van der Waals surface area contributed by atoms with Gasteiger partial charge in [0.1, 0.15) is 0 Å². The fourth-order valence-corrected chi connectivity index (χ4v) is 1.96. The van der Waals surface area contributed by atoms with Gasteiger partial charge in [-0.1, -0.05) is 19.0 Å². The number of rotatable bonds is 3. The highest BCUT2D eigenvalue weighted by molar-refractivity contribution is 4.98. The number of piperidine rings is 1. The number of β-amino-alcohol motifs (C(OH)–C–C–N with tert-alkyl or cyclic N) is 1. The molecule has 1 atom stereocenters. The molecule has 2 heterocycles. The Morgan fingerprint density at radius 2 is 2.38 bits per heavy atom. The van der Waals surface area contributed by atoms with Gasteiger partial charge in [-0.2, -0.15) is 4.98 Å². The van der Waals surface area contributed by atoms with Crippen LogP contribution in [0.1, 0.15) is 44.3 Å². The molecule has 0 spiro atoms. The number of nitrogens with one attached hydrogen (secondary N) is 1. The van der Waals surface area contributed by atoms with Crippen LogP contribution < -0.4 is 5.32 Å². The van der Waals surface area contributed by atoms with Crippen molar-refractivity contribution in [2.24, 2.45) is 0 Å². The van der Waals surface area contributed by atoms with Crippen LogP contribution in [-0.4, -0.2) is 33.9 Å². The minimum atomic E-state index is -0.723. The van der Waals surface area contributed by atoms with Crippen molar-refractivity contribution in [2.75, 3.05) is 13.1 Å². The summed E-state index contributed by atoms with van der Waals surface area (Å²) >= 11 is 0. The second-order valence-corrected chi connectivity index (χ2v) is 4.88.